The monoisotopic (exact) mass is 265 g/mol. The smallest absolute Gasteiger partial charge is 0.126 e. The Morgan fingerprint density at radius 2 is 2.00 bits per heavy atom. The Morgan fingerprint density at radius 1 is 1.26 bits per heavy atom. The van der Waals surface area contributed by atoms with E-state index < -0.39 is 0 Å². The van der Waals surface area contributed by atoms with Crippen molar-refractivity contribution in [2.45, 2.75) is 45.6 Å². The van der Waals surface area contributed by atoms with Crippen LogP contribution in [0.2, 0.25) is 0 Å². The van der Waals surface area contributed by atoms with Crippen molar-refractivity contribution in [1.29, 1.82) is 0 Å². The Kier molecular flexibility index (Phi) is 5.20. The molecule has 1 fully saturated rings. The van der Waals surface area contributed by atoms with Crippen LogP contribution in [0, 0.1) is 18.7 Å². The summed E-state index contributed by atoms with van der Waals surface area (Å²) >= 11 is 0. The minimum absolute atomic E-state index is 0.179. The maximum Gasteiger partial charge on any atom is 0.126 e. The molecule has 1 aromatic carbocycles. The molecule has 19 heavy (non-hydrogen) atoms. The summed E-state index contributed by atoms with van der Waals surface area (Å²) < 4.78 is 18.7. The predicted molar refractivity (Wildman–Crippen MR) is 76.1 cm³/mol. The van der Waals surface area contributed by atoms with Crippen molar-refractivity contribution < 1.29 is 9.13 Å². The van der Waals surface area contributed by atoms with E-state index in [1.807, 2.05) is 0 Å². The summed E-state index contributed by atoms with van der Waals surface area (Å²) in [5.74, 6) is 1.45. The van der Waals surface area contributed by atoms with Gasteiger partial charge in [0.25, 0.3) is 0 Å². The number of nitrogens with one attached hydrogen (secondary N) is 1. The quantitative estimate of drug-likeness (QED) is 0.820. The summed E-state index contributed by atoms with van der Waals surface area (Å²) in [4.78, 5) is 0. The van der Waals surface area contributed by atoms with Gasteiger partial charge >= 0.3 is 0 Å². The summed E-state index contributed by atoms with van der Waals surface area (Å²) in [5, 5.41) is 3.54. The average molecular weight is 265 g/mol. The molecular formula is C16H24FNO. The van der Waals surface area contributed by atoms with E-state index in [1.165, 1.54) is 31.7 Å². The second kappa shape index (κ2) is 6.90. The molecule has 0 spiro atoms. The van der Waals surface area contributed by atoms with Crippen LogP contribution < -0.4 is 10.1 Å². The predicted octanol–water partition coefficient (Wildman–Crippen LogP) is 3.68. The van der Waals surface area contributed by atoms with Crippen LogP contribution in [0.5, 0.6) is 5.75 Å². The van der Waals surface area contributed by atoms with Crippen molar-refractivity contribution in [1.82, 2.24) is 5.32 Å². The minimum atomic E-state index is -0.179. The molecule has 0 amide bonds. The van der Waals surface area contributed by atoms with E-state index in [2.05, 4.69) is 12.2 Å². The van der Waals surface area contributed by atoms with Crippen molar-refractivity contribution in [2.75, 3.05) is 13.2 Å². The molecule has 1 aliphatic carbocycles. The van der Waals surface area contributed by atoms with Gasteiger partial charge in [-0.2, -0.15) is 0 Å². The number of aryl methyl sites for hydroxylation is 1. The molecule has 1 N–H and O–H groups in total. The van der Waals surface area contributed by atoms with Gasteiger partial charge in [-0.05, 0) is 62.3 Å². The molecule has 3 heteroatoms. The molecule has 0 unspecified atom stereocenters. The van der Waals surface area contributed by atoms with Gasteiger partial charge in [0.15, 0.2) is 0 Å². The van der Waals surface area contributed by atoms with Gasteiger partial charge in [0.2, 0.25) is 0 Å². The zero-order chi connectivity index (χ0) is 13.7. The maximum absolute atomic E-state index is 13.1. The number of benzene rings is 1. The Hall–Kier alpha value is -1.09. The summed E-state index contributed by atoms with van der Waals surface area (Å²) in [7, 11) is 0. The lowest BCUT2D eigenvalue weighted by Gasteiger charge is -2.27. The van der Waals surface area contributed by atoms with Crippen LogP contribution in [-0.4, -0.2) is 19.2 Å². The first-order valence-corrected chi connectivity index (χ1v) is 7.27. The Morgan fingerprint density at radius 3 is 2.68 bits per heavy atom. The van der Waals surface area contributed by atoms with Crippen LogP contribution >= 0.6 is 0 Å². The highest BCUT2D eigenvalue weighted by Crippen LogP contribution is 2.23. The Labute approximate surface area is 115 Å². The van der Waals surface area contributed by atoms with E-state index in [-0.39, 0.29) is 5.82 Å². The first-order valence-electron chi connectivity index (χ1n) is 7.27. The van der Waals surface area contributed by atoms with Gasteiger partial charge in [0, 0.05) is 12.6 Å². The van der Waals surface area contributed by atoms with Crippen LogP contribution in [0.25, 0.3) is 0 Å². The molecule has 0 atom stereocenters. The van der Waals surface area contributed by atoms with Gasteiger partial charge in [-0.15, -0.1) is 0 Å². The molecule has 1 aromatic rings. The molecule has 0 heterocycles. The molecule has 1 aliphatic rings. The van der Waals surface area contributed by atoms with E-state index in [9.17, 15) is 4.39 Å². The van der Waals surface area contributed by atoms with Gasteiger partial charge < -0.3 is 10.1 Å². The lowest BCUT2D eigenvalue weighted by atomic mass is 9.87. The van der Waals surface area contributed by atoms with Gasteiger partial charge in [0.05, 0.1) is 0 Å². The fourth-order valence-electron chi connectivity index (χ4n) is 2.60. The van der Waals surface area contributed by atoms with Gasteiger partial charge in [-0.25, -0.2) is 4.39 Å². The second-order valence-electron chi connectivity index (χ2n) is 5.67. The summed E-state index contributed by atoms with van der Waals surface area (Å²) in [5.41, 5.74) is 0.631. The molecule has 1 saturated carbocycles. The van der Waals surface area contributed by atoms with E-state index >= 15 is 0 Å². The van der Waals surface area contributed by atoms with Crippen molar-refractivity contribution in [3.63, 3.8) is 0 Å². The van der Waals surface area contributed by atoms with E-state index in [4.69, 9.17) is 4.74 Å². The number of hydrogen-bond acceptors (Lipinski definition) is 2. The first-order chi connectivity index (χ1) is 9.15. The van der Waals surface area contributed by atoms with E-state index in [0.29, 0.717) is 18.2 Å². The van der Waals surface area contributed by atoms with Crippen LogP contribution in [0.4, 0.5) is 4.39 Å². The summed E-state index contributed by atoms with van der Waals surface area (Å²) in [6, 6.07) is 5.54. The molecular weight excluding hydrogens is 241 g/mol. The normalized spacial score (nSPS) is 23.3. The molecule has 0 aromatic heterocycles. The van der Waals surface area contributed by atoms with Gasteiger partial charge in [-0.1, -0.05) is 6.92 Å². The average Bonchev–Trinajstić information content (AvgIpc) is 2.41. The van der Waals surface area contributed by atoms with Gasteiger partial charge in [-0.3, -0.25) is 0 Å². The van der Waals surface area contributed by atoms with Crippen LogP contribution in [-0.2, 0) is 0 Å². The first kappa shape index (κ1) is 14.3. The number of hydrogen-bond donors (Lipinski definition) is 1. The van der Waals surface area contributed by atoms with Crippen molar-refractivity contribution >= 4 is 0 Å². The summed E-state index contributed by atoms with van der Waals surface area (Å²) in [6.07, 6.45) is 5.21. The fraction of sp³-hybridized carbons (Fsp3) is 0.625. The Balaban J connectivity index is 1.65. The molecule has 106 valence electrons. The number of halogens is 1. The zero-order valence-electron chi connectivity index (χ0n) is 11.9. The van der Waals surface area contributed by atoms with Crippen molar-refractivity contribution in [3.8, 4) is 5.75 Å². The maximum atomic E-state index is 13.1. The third-order valence-electron chi connectivity index (χ3n) is 3.95. The Bertz CT molecular complexity index is 400. The number of ether oxygens (including phenoxy) is 1. The third-order valence-corrected chi connectivity index (χ3v) is 3.95. The second-order valence-corrected chi connectivity index (χ2v) is 5.67. The van der Waals surface area contributed by atoms with E-state index in [0.717, 1.165) is 18.2 Å². The summed E-state index contributed by atoms with van der Waals surface area (Å²) in [6.45, 7) is 5.58. The molecule has 0 bridgehead atoms. The highest BCUT2D eigenvalue weighted by molar-refractivity contribution is 5.28. The molecule has 0 saturated heterocycles. The topological polar surface area (TPSA) is 21.3 Å². The third kappa shape index (κ3) is 4.50. The SMILES string of the molecule is Cc1cc(OCCNC2CCC(C)CC2)ccc1F. The lowest BCUT2D eigenvalue weighted by Crippen LogP contribution is -2.35. The highest BCUT2D eigenvalue weighted by atomic mass is 19.1. The standard InChI is InChI=1S/C16H24FNO/c1-12-3-5-14(6-4-12)18-9-10-19-15-7-8-16(17)13(2)11-15/h7-8,11-12,14,18H,3-6,9-10H2,1-2H3. The molecule has 2 nitrogen and oxygen atoms in total. The van der Waals surface area contributed by atoms with E-state index in [1.54, 1.807) is 19.1 Å². The minimum Gasteiger partial charge on any atom is -0.492 e. The largest absolute Gasteiger partial charge is 0.492 e. The number of rotatable bonds is 5. The van der Waals surface area contributed by atoms with Crippen LogP contribution in [0.3, 0.4) is 0 Å². The van der Waals surface area contributed by atoms with Gasteiger partial charge in [0.1, 0.15) is 18.2 Å². The van der Waals surface area contributed by atoms with Crippen LogP contribution in [0.1, 0.15) is 38.2 Å². The highest BCUT2D eigenvalue weighted by Gasteiger charge is 2.17. The molecule has 2 rings (SSSR count). The van der Waals surface area contributed by atoms with Crippen molar-refractivity contribution in [2.24, 2.45) is 5.92 Å². The lowest BCUT2D eigenvalue weighted by molar-refractivity contribution is 0.270. The molecule has 0 radical (unpaired) electrons. The van der Waals surface area contributed by atoms with Crippen LogP contribution in [0.15, 0.2) is 18.2 Å². The van der Waals surface area contributed by atoms with Crippen molar-refractivity contribution in [3.05, 3.63) is 29.6 Å². The zero-order valence-corrected chi connectivity index (χ0v) is 11.9. The fourth-order valence-corrected chi connectivity index (χ4v) is 2.60. The molecule has 0 aliphatic heterocycles.